The van der Waals surface area contributed by atoms with Gasteiger partial charge in [-0.2, -0.15) is 0 Å². The first-order valence-electron chi connectivity index (χ1n) is 3.54. The molecule has 0 saturated heterocycles. The fourth-order valence-electron chi connectivity index (χ4n) is 0.839. The molecule has 0 saturated carbocycles. The Morgan fingerprint density at radius 2 is 2.36 bits per heavy atom. The maximum atomic E-state index is 9.84. The predicted molar refractivity (Wildman–Crippen MR) is 51.9 cm³/mol. The molecule has 1 atom stereocenters. The van der Waals surface area contributed by atoms with Gasteiger partial charge < -0.3 is 5.11 Å². The maximum Gasteiger partial charge on any atom is 0.0968 e. The van der Waals surface area contributed by atoms with Gasteiger partial charge in [-0.3, -0.25) is 0 Å². The molecule has 0 radical (unpaired) electrons. The highest BCUT2D eigenvalue weighted by Gasteiger charge is 2.24. The number of aliphatic hydroxyl groups is 1. The molecule has 1 N–H and O–H groups in total. The first kappa shape index (κ1) is 9.23. The summed E-state index contributed by atoms with van der Waals surface area (Å²) in [7, 11) is 0. The zero-order chi connectivity index (χ0) is 8.48. The highest BCUT2D eigenvalue weighted by Crippen LogP contribution is 2.34. The van der Waals surface area contributed by atoms with Gasteiger partial charge in [-0.1, -0.05) is 6.92 Å². The third-order valence-corrected chi connectivity index (χ3v) is 3.89. The largest absolute Gasteiger partial charge is 0.385 e. The van der Waals surface area contributed by atoms with Crippen LogP contribution < -0.4 is 0 Å². The smallest absolute Gasteiger partial charge is 0.0968 e. The maximum absolute atomic E-state index is 9.84. The number of rotatable bonds is 2. The topological polar surface area (TPSA) is 20.2 Å². The second-order valence-corrected chi connectivity index (χ2v) is 4.50. The van der Waals surface area contributed by atoms with E-state index >= 15 is 0 Å². The van der Waals surface area contributed by atoms with Crippen LogP contribution in [0.25, 0.3) is 0 Å². The number of thiophene rings is 1. The van der Waals surface area contributed by atoms with Gasteiger partial charge in [0, 0.05) is 9.35 Å². The van der Waals surface area contributed by atoms with E-state index in [0.29, 0.717) is 0 Å². The van der Waals surface area contributed by atoms with Crippen LogP contribution in [0.3, 0.4) is 0 Å². The summed E-state index contributed by atoms with van der Waals surface area (Å²) < 4.78 is 1.01. The normalized spacial score (nSPS) is 16.4. The molecule has 0 bridgehead atoms. The summed E-state index contributed by atoms with van der Waals surface area (Å²) in [6.45, 7) is 3.82. The van der Waals surface area contributed by atoms with Gasteiger partial charge in [0.25, 0.3) is 0 Å². The van der Waals surface area contributed by atoms with Crippen LogP contribution >= 0.6 is 27.3 Å². The summed E-state index contributed by atoms with van der Waals surface area (Å²) in [5.41, 5.74) is -0.674. The Hall–Kier alpha value is 0.140. The van der Waals surface area contributed by atoms with Crippen LogP contribution in [0.1, 0.15) is 25.1 Å². The van der Waals surface area contributed by atoms with Crippen LogP contribution in [0.5, 0.6) is 0 Å². The summed E-state index contributed by atoms with van der Waals surface area (Å²) in [5, 5.41) is 11.8. The molecule has 0 aliphatic heterocycles. The minimum atomic E-state index is -0.674. The third-order valence-electron chi connectivity index (χ3n) is 1.79. The average molecular weight is 235 g/mol. The van der Waals surface area contributed by atoms with Crippen molar-refractivity contribution >= 4 is 27.3 Å². The van der Waals surface area contributed by atoms with E-state index in [4.69, 9.17) is 0 Å². The van der Waals surface area contributed by atoms with Gasteiger partial charge in [-0.05, 0) is 40.7 Å². The van der Waals surface area contributed by atoms with E-state index in [2.05, 4.69) is 15.9 Å². The van der Waals surface area contributed by atoms with Gasteiger partial charge >= 0.3 is 0 Å². The Labute approximate surface area is 79.2 Å². The monoisotopic (exact) mass is 234 g/mol. The molecule has 1 heterocycles. The lowest BCUT2D eigenvalue weighted by molar-refractivity contribution is 0.0563. The molecular formula is C8H11BrOS. The Morgan fingerprint density at radius 1 is 1.73 bits per heavy atom. The zero-order valence-electron chi connectivity index (χ0n) is 6.60. The number of halogens is 1. The molecule has 0 amide bonds. The van der Waals surface area contributed by atoms with Crippen molar-refractivity contribution in [3.8, 4) is 0 Å². The summed E-state index contributed by atoms with van der Waals surface area (Å²) >= 11 is 4.98. The first-order valence-corrected chi connectivity index (χ1v) is 5.21. The van der Waals surface area contributed by atoms with E-state index in [9.17, 15) is 5.11 Å². The number of hydrogen-bond acceptors (Lipinski definition) is 2. The van der Waals surface area contributed by atoms with Gasteiger partial charge in [-0.15, -0.1) is 11.3 Å². The fourth-order valence-corrected chi connectivity index (χ4v) is 2.77. The second-order valence-electron chi connectivity index (χ2n) is 2.73. The van der Waals surface area contributed by atoms with Crippen LogP contribution in [0.2, 0.25) is 0 Å². The standard InChI is InChI=1S/C8H11BrOS/c1-3-8(2,10)7-6(9)4-5-11-7/h4-5,10H,3H2,1-2H3. The lowest BCUT2D eigenvalue weighted by Gasteiger charge is -2.19. The lowest BCUT2D eigenvalue weighted by atomic mass is 10.0. The first-order chi connectivity index (χ1) is 5.08. The Morgan fingerprint density at radius 3 is 2.73 bits per heavy atom. The van der Waals surface area contributed by atoms with E-state index in [-0.39, 0.29) is 0 Å². The molecule has 11 heavy (non-hydrogen) atoms. The van der Waals surface area contributed by atoms with E-state index in [1.807, 2.05) is 25.3 Å². The quantitative estimate of drug-likeness (QED) is 0.834. The van der Waals surface area contributed by atoms with Crippen molar-refractivity contribution in [1.29, 1.82) is 0 Å². The molecule has 1 unspecified atom stereocenters. The van der Waals surface area contributed by atoms with Gasteiger partial charge in [0.05, 0.1) is 5.60 Å². The summed E-state index contributed by atoms with van der Waals surface area (Å²) in [5.74, 6) is 0. The molecule has 1 rings (SSSR count). The van der Waals surface area contributed by atoms with E-state index in [1.54, 1.807) is 11.3 Å². The summed E-state index contributed by atoms with van der Waals surface area (Å²) in [6.07, 6.45) is 0.742. The van der Waals surface area contributed by atoms with Gasteiger partial charge in [0.1, 0.15) is 0 Å². The Balaban J connectivity index is 3.00. The molecule has 1 nitrogen and oxygen atoms in total. The van der Waals surface area contributed by atoms with Gasteiger partial charge in [-0.25, -0.2) is 0 Å². The number of hydrogen-bond donors (Lipinski definition) is 1. The van der Waals surface area contributed by atoms with Crippen molar-refractivity contribution in [3.05, 3.63) is 20.8 Å². The van der Waals surface area contributed by atoms with Gasteiger partial charge in [0.2, 0.25) is 0 Å². The van der Waals surface area contributed by atoms with E-state index < -0.39 is 5.60 Å². The molecular weight excluding hydrogens is 224 g/mol. The van der Waals surface area contributed by atoms with Crippen molar-refractivity contribution < 1.29 is 5.11 Å². The van der Waals surface area contributed by atoms with Gasteiger partial charge in [0.15, 0.2) is 0 Å². The predicted octanol–water partition coefficient (Wildman–Crippen LogP) is 3.13. The molecule has 1 aromatic rings. The molecule has 0 aliphatic rings. The SMILES string of the molecule is CCC(C)(O)c1sccc1Br. The van der Waals surface area contributed by atoms with Crippen LogP contribution in [0.4, 0.5) is 0 Å². The summed E-state index contributed by atoms with van der Waals surface area (Å²) in [4.78, 5) is 1.01. The molecule has 3 heteroatoms. The van der Waals surface area contributed by atoms with Crippen LogP contribution in [-0.2, 0) is 5.60 Å². The molecule has 1 aromatic heterocycles. The Bertz CT molecular complexity index is 242. The zero-order valence-corrected chi connectivity index (χ0v) is 9.00. The molecule has 0 fully saturated rings. The molecule has 0 aliphatic carbocycles. The molecule has 62 valence electrons. The van der Waals surface area contributed by atoms with Crippen molar-refractivity contribution in [1.82, 2.24) is 0 Å². The minimum absolute atomic E-state index is 0.674. The van der Waals surface area contributed by atoms with E-state index in [0.717, 1.165) is 15.8 Å². The van der Waals surface area contributed by atoms with Crippen molar-refractivity contribution in [2.24, 2.45) is 0 Å². The highest BCUT2D eigenvalue weighted by molar-refractivity contribution is 9.10. The van der Waals surface area contributed by atoms with Crippen LogP contribution in [-0.4, -0.2) is 5.11 Å². The lowest BCUT2D eigenvalue weighted by Crippen LogP contribution is -2.18. The summed E-state index contributed by atoms with van der Waals surface area (Å²) in [6, 6.07) is 1.96. The third kappa shape index (κ3) is 1.83. The molecule has 0 aromatic carbocycles. The van der Waals surface area contributed by atoms with Crippen molar-refractivity contribution in [2.45, 2.75) is 25.9 Å². The van der Waals surface area contributed by atoms with E-state index in [1.165, 1.54) is 0 Å². The van der Waals surface area contributed by atoms with Crippen LogP contribution in [0.15, 0.2) is 15.9 Å². The van der Waals surface area contributed by atoms with Crippen molar-refractivity contribution in [2.75, 3.05) is 0 Å². The van der Waals surface area contributed by atoms with Crippen LogP contribution in [0, 0.1) is 0 Å². The second kappa shape index (κ2) is 3.25. The Kier molecular flexibility index (Phi) is 2.73. The molecule has 0 spiro atoms. The van der Waals surface area contributed by atoms with Crippen molar-refractivity contribution in [3.63, 3.8) is 0 Å². The highest BCUT2D eigenvalue weighted by atomic mass is 79.9. The average Bonchev–Trinajstić information content (AvgIpc) is 2.36. The fraction of sp³-hybridized carbons (Fsp3) is 0.500. The minimum Gasteiger partial charge on any atom is -0.385 e.